The maximum atomic E-state index is 11.5. The molecule has 0 fully saturated rings. The highest BCUT2D eigenvalue weighted by molar-refractivity contribution is 7.09. The summed E-state index contributed by atoms with van der Waals surface area (Å²) in [6.07, 6.45) is 0. The molecule has 112 valence electrons. The van der Waals surface area contributed by atoms with Crippen LogP contribution in [0.1, 0.15) is 23.5 Å². The Morgan fingerprint density at radius 1 is 1.43 bits per heavy atom. The van der Waals surface area contributed by atoms with Crippen LogP contribution in [0.15, 0.2) is 29.8 Å². The summed E-state index contributed by atoms with van der Waals surface area (Å²) in [5.74, 6) is -0.166. The number of anilines is 2. The number of nitrogens with zero attached hydrogens (tertiary/aromatic N) is 1. The zero-order valence-corrected chi connectivity index (χ0v) is 13.2. The number of amides is 1. The fraction of sp³-hybridized carbons (Fsp3) is 0.333. The van der Waals surface area contributed by atoms with Gasteiger partial charge >= 0.3 is 0 Å². The van der Waals surface area contributed by atoms with Crippen molar-refractivity contribution in [1.29, 1.82) is 0 Å². The number of methoxy groups -OCH3 is 1. The molecule has 21 heavy (non-hydrogen) atoms. The number of carbonyl (C=O) groups excluding carboxylic acids is 1. The van der Waals surface area contributed by atoms with Crippen LogP contribution in [0.25, 0.3) is 0 Å². The Morgan fingerprint density at radius 3 is 2.86 bits per heavy atom. The van der Waals surface area contributed by atoms with Gasteiger partial charge in [0.05, 0.1) is 17.2 Å². The first-order chi connectivity index (χ1) is 10.1. The minimum atomic E-state index is -0.166. The van der Waals surface area contributed by atoms with Crippen LogP contribution in [-0.4, -0.2) is 24.6 Å². The average molecular weight is 305 g/mol. The number of hydrogen-bond donors (Lipinski definition) is 2. The number of benzene rings is 1. The Morgan fingerprint density at radius 2 is 2.19 bits per heavy atom. The standard InChI is InChI=1S/C15H19N3O2S/c1-10-15(21-9-16-10)11(2)17-12-5-4-6-13(7-12)18-14(19)8-20-3/h4-7,9,11,17H,8H2,1-3H3,(H,18,19). The molecule has 2 rings (SSSR count). The maximum absolute atomic E-state index is 11.5. The van der Waals surface area contributed by atoms with Crippen molar-refractivity contribution in [3.05, 3.63) is 40.3 Å². The Hall–Kier alpha value is -1.92. The molecule has 0 aliphatic carbocycles. The number of carbonyl (C=O) groups is 1. The van der Waals surface area contributed by atoms with Gasteiger partial charge in [0, 0.05) is 23.4 Å². The monoisotopic (exact) mass is 305 g/mol. The van der Waals surface area contributed by atoms with Crippen molar-refractivity contribution >= 4 is 28.6 Å². The SMILES string of the molecule is COCC(=O)Nc1cccc(NC(C)c2scnc2C)c1. The van der Waals surface area contributed by atoms with Gasteiger partial charge in [0.15, 0.2) is 0 Å². The average Bonchev–Trinajstić information content (AvgIpc) is 2.85. The fourth-order valence-corrected chi connectivity index (χ4v) is 2.87. The first-order valence-corrected chi connectivity index (χ1v) is 7.53. The zero-order chi connectivity index (χ0) is 15.2. The molecule has 2 N–H and O–H groups in total. The molecule has 5 nitrogen and oxygen atoms in total. The van der Waals surface area contributed by atoms with Crippen LogP contribution in [0, 0.1) is 6.92 Å². The smallest absolute Gasteiger partial charge is 0.250 e. The topological polar surface area (TPSA) is 63.2 Å². The Bertz CT molecular complexity index is 612. The lowest BCUT2D eigenvalue weighted by molar-refractivity contribution is -0.119. The first-order valence-electron chi connectivity index (χ1n) is 6.65. The van der Waals surface area contributed by atoms with Gasteiger partial charge in [-0.2, -0.15) is 0 Å². The summed E-state index contributed by atoms with van der Waals surface area (Å²) in [5.41, 5.74) is 4.59. The quantitative estimate of drug-likeness (QED) is 0.860. The minimum absolute atomic E-state index is 0.0497. The van der Waals surface area contributed by atoms with Crippen molar-refractivity contribution in [2.75, 3.05) is 24.4 Å². The zero-order valence-electron chi connectivity index (χ0n) is 12.3. The van der Waals surface area contributed by atoms with Gasteiger partial charge < -0.3 is 15.4 Å². The molecule has 2 aromatic rings. The summed E-state index contributed by atoms with van der Waals surface area (Å²) in [7, 11) is 1.50. The number of ether oxygens (including phenoxy) is 1. The normalized spacial score (nSPS) is 12.0. The second kappa shape index (κ2) is 7.19. The summed E-state index contributed by atoms with van der Waals surface area (Å²) >= 11 is 1.64. The molecular formula is C15H19N3O2S. The Balaban J connectivity index is 2.04. The number of thiazole rings is 1. The third kappa shape index (κ3) is 4.27. The molecule has 0 radical (unpaired) electrons. The number of nitrogens with one attached hydrogen (secondary N) is 2. The highest BCUT2D eigenvalue weighted by Gasteiger charge is 2.11. The third-order valence-electron chi connectivity index (χ3n) is 2.98. The van der Waals surface area contributed by atoms with E-state index >= 15 is 0 Å². The van der Waals surface area contributed by atoms with Crippen molar-refractivity contribution in [2.24, 2.45) is 0 Å². The molecule has 1 aromatic carbocycles. The summed E-state index contributed by atoms with van der Waals surface area (Å²) in [6.45, 7) is 4.15. The molecule has 6 heteroatoms. The van der Waals surface area contributed by atoms with E-state index in [0.29, 0.717) is 0 Å². The van der Waals surface area contributed by atoms with Crippen molar-refractivity contribution in [1.82, 2.24) is 4.98 Å². The molecule has 1 amide bonds. The number of aryl methyl sites for hydroxylation is 1. The van der Waals surface area contributed by atoms with Gasteiger partial charge in [-0.15, -0.1) is 11.3 Å². The third-order valence-corrected chi connectivity index (χ3v) is 4.09. The van der Waals surface area contributed by atoms with Crippen LogP contribution in [0.3, 0.4) is 0 Å². The first kappa shape index (κ1) is 15.5. The molecule has 1 aromatic heterocycles. The van der Waals surface area contributed by atoms with Crippen molar-refractivity contribution in [3.8, 4) is 0 Å². The predicted octanol–water partition coefficient (Wildman–Crippen LogP) is 3.21. The molecule has 1 heterocycles. The van der Waals surface area contributed by atoms with Crippen LogP contribution in [-0.2, 0) is 9.53 Å². The second-order valence-corrected chi connectivity index (χ2v) is 5.62. The molecule has 0 bridgehead atoms. The van der Waals surface area contributed by atoms with E-state index < -0.39 is 0 Å². The maximum Gasteiger partial charge on any atom is 0.250 e. The highest BCUT2D eigenvalue weighted by atomic mass is 32.1. The molecule has 1 unspecified atom stereocenters. The Kier molecular flexibility index (Phi) is 5.30. The second-order valence-electron chi connectivity index (χ2n) is 4.73. The molecule has 0 aliphatic rings. The van der Waals surface area contributed by atoms with Crippen LogP contribution in [0.5, 0.6) is 0 Å². The van der Waals surface area contributed by atoms with E-state index in [2.05, 4.69) is 22.5 Å². The predicted molar refractivity (Wildman–Crippen MR) is 85.8 cm³/mol. The number of aromatic nitrogens is 1. The van der Waals surface area contributed by atoms with Crippen molar-refractivity contribution in [2.45, 2.75) is 19.9 Å². The summed E-state index contributed by atoms with van der Waals surface area (Å²) in [4.78, 5) is 17.0. The van der Waals surface area contributed by atoms with E-state index in [1.807, 2.05) is 36.7 Å². The van der Waals surface area contributed by atoms with Gasteiger partial charge in [-0.1, -0.05) is 6.07 Å². The summed E-state index contributed by atoms with van der Waals surface area (Å²) < 4.78 is 4.80. The van der Waals surface area contributed by atoms with E-state index in [4.69, 9.17) is 4.74 Å². The minimum Gasteiger partial charge on any atom is -0.378 e. The van der Waals surface area contributed by atoms with Crippen LogP contribution < -0.4 is 10.6 Å². The van der Waals surface area contributed by atoms with E-state index in [0.717, 1.165) is 17.1 Å². The summed E-state index contributed by atoms with van der Waals surface area (Å²) in [5, 5.41) is 6.21. The lowest BCUT2D eigenvalue weighted by atomic mass is 10.2. The van der Waals surface area contributed by atoms with Crippen molar-refractivity contribution in [3.63, 3.8) is 0 Å². The highest BCUT2D eigenvalue weighted by Crippen LogP contribution is 2.26. The van der Waals surface area contributed by atoms with Crippen LogP contribution in [0.4, 0.5) is 11.4 Å². The molecular weight excluding hydrogens is 286 g/mol. The van der Waals surface area contributed by atoms with E-state index in [1.54, 1.807) is 11.3 Å². The van der Waals surface area contributed by atoms with Gasteiger partial charge in [0.2, 0.25) is 5.91 Å². The number of rotatable bonds is 6. The number of hydrogen-bond acceptors (Lipinski definition) is 5. The van der Waals surface area contributed by atoms with E-state index in [-0.39, 0.29) is 18.6 Å². The van der Waals surface area contributed by atoms with Crippen LogP contribution in [0.2, 0.25) is 0 Å². The molecule has 1 atom stereocenters. The van der Waals surface area contributed by atoms with Gasteiger partial charge in [-0.05, 0) is 32.0 Å². The Labute approximate surface area is 128 Å². The van der Waals surface area contributed by atoms with Gasteiger partial charge in [0.1, 0.15) is 6.61 Å². The van der Waals surface area contributed by atoms with Crippen molar-refractivity contribution < 1.29 is 9.53 Å². The fourth-order valence-electron chi connectivity index (χ4n) is 2.06. The van der Waals surface area contributed by atoms with E-state index in [9.17, 15) is 4.79 Å². The van der Waals surface area contributed by atoms with Gasteiger partial charge in [-0.25, -0.2) is 4.98 Å². The summed E-state index contributed by atoms with van der Waals surface area (Å²) in [6, 6.07) is 7.79. The van der Waals surface area contributed by atoms with E-state index in [1.165, 1.54) is 12.0 Å². The lowest BCUT2D eigenvalue weighted by Crippen LogP contribution is -2.17. The van der Waals surface area contributed by atoms with Gasteiger partial charge in [0.25, 0.3) is 0 Å². The largest absolute Gasteiger partial charge is 0.378 e. The van der Waals surface area contributed by atoms with Crippen LogP contribution >= 0.6 is 11.3 Å². The molecule has 0 saturated heterocycles. The van der Waals surface area contributed by atoms with Gasteiger partial charge in [-0.3, -0.25) is 4.79 Å². The molecule has 0 aliphatic heterocycles. The molecule has 0 spiro atoms. The lowest BCUT2D eigenvalue weighted by Gasteiger charge is -2.15. The molecule has 0 saturated carbocycles.